The molecule has 2 aromatic carbocycles. The van der Waals surface area contributed by atoms with Gasteiger partial charge in [-0.3, -0.25) is 0 Å². The van der Waals surface area contributed by atoms with Gasteiger partial charge in [-0.1, -0.05) is 35.9 Å². The molecule has 0 fully saturated rings. The Hall–Kier alpha value is -1.84. The Morgan fingerprint density at radius 2 is 1.85 bits per heavy atom. The van der Waals surface area contributed by atoms with E-state index in [0.29, 0.717) is 6.54 Å². The lowest BCUT2D eigenvalue weighted by Gasteiger charge is -2.04. The number of aliphatic hydroxyl groups is 1. The van der Waals surface area contributed by atoms with Crippen LogP contribution in [-0.2, 0) is 6.54 Å². The highest BCUT2D eigenvalue weighted by Gasteiger charge is 2.22. The predicted molar refractivity (Wildman–Crippen MR) is 79.7 cm³/mol. The number of aromatic nitrogens is 2. The topological polar surface area (TPSA) is 39.9 Å². The van der Waals surface area contributed by atoms with Gasteiger partial charge in [-0.2, -0.15) is 0 Å². The van der Waals surface area contributed by atoms with Crippen molar-refractivity contribution in [1.29, 1.82) is 0 Å². The number of aliphatic hydroxyl groups excluding tert-OH is 1. The van der Waals surface area contributed by atoms with Gasteiger partial charge in [0.25, 0.3) is 5.82 Å². The first-order chi connectivity index (χ1) is 9.65. The largest absolute Gasteiger partial charge is 0.381 e. The van der Waals surface area contributed by atoms with Gasteiger partial charge >= 0.3 is 0 Å². The molecule has 4 heteroatoms. The Morgan fingerprint density at radius 3 is 2.55 bits per heavy atom. The number of hydrogen-bond acceptors (Lipinski definition) is 1. The highest BCUT2D eigenvalue weighted by atomic mass is 35.5. The summed E-state index contributed by atoms with van der Waals surface area (Å²) in [6.45, 7) is 2.46. The first kappa shape index (κ1) is 13.2. The molecule has 3 aromatic rings. The van der Waals surface area contributed by atoms with Gasteiger partial charge < -0.3 is 5.11 Å². The van der Waals surface area contributed by atoms with E-state index in [1.807, 2.05) is 48.5 Å². The maximum atomic E-state index is 9.95. The molecule has 3 nitrogen and oxygen atoms in total. The molecule has 1 heterocycles. The lowest BCUT2D eigenvalue weighted by Crippen LogP contribution is -2.38. The predicted octanol–water partition coefficient (Wildman–Crippen LogP) is 3.21. The third-order valence-corrected chi connectivity index (χ3v) is 3.65. The fourth-order valence-electron chi connectivity index (χ4n) is 2.42. The molecule has 0 saturated carbocycles. The van der Waals surface area contributed by atoms with E-state index in [-0.39, 0.29) is 0 Å². The Bertz CT molecular complexity index is 732. The molecule has 3 rings (SSSR count). The molecular weight excluding hydrogens is 272 g/mol. The average Bonchev–Trinajstić information content (AvgIpc) is 2.81. The molecule has 0 aliphatic rings. The van der Waals surface area contributed by atoms with E-state index < -0.39 is 6.10 Å². The van der Waals surface area contributed by atoms with Crippen molar-refractivity contribution in [2.24, 2.45) is 0 Å². The van der Waals surface area contributed by atoms with Crippen LogP contribution in [0.2, 0.25) is 5.02 Å². The van der Waals surface area contributed by atoms with Crippen molar-refractivity contribution in [3.05, 3.63) is 64.9 Å². The van der Waals surface area contributed by atoms with E-state index in [1.165, 1.54) is 0 Å². The molecule has 0 aliphatic carbocycles. The van der Waals surface area contributed by atoms with Crippen LogP contribution in [0.3, 0.4) is 0 Å². The number of nitrogens with zero attached hydrogens (tertiary/aromatic N) is 1. The summed E-state index contributed by atoms with van der Waals surface area (Å²) >= 11 is 5.92. The minimum Gasteiger partial charge on any atom is -0.381 e. The van der Waals surface area contributed by atoms with Gasteiger partial charge in [0.2, 0.25) is 0 Å². The second kappa shape index (κ2) is 5.27. The zero-order chi connectivity index (χ0) is 14.1. The Labute approximate surface area is 122 Å². The summed E-state index contributed by atoms with van der Waals surface area (Å²) in [5.41, 5.74) is 3.25. The summed E-state index contributed by atoms with van der Waals surface area (Å²) in [5, 5.41) is 10.7. The smallest absolute Gasteiger partial charge is 0.284 e. The van der Waals surface area contributed by atoms with Crippen LogP contribution in [-0.4, -0.2) is 10.1 Å². The van der Waals surface area contributed by atoms with Crippen LogP contribution in [0.4, 0.5) is 0 Å². The van der Waals surface area contributed by atoms with Gasteiger partial charge in [-0.25, -0.2) is 9.55 Å². The van der Waals surface area contributed by atoms with Gasteiger partial charge in [0, 0.05) is 5.02 Å². The number of nitrogens with one attached hydrogen (secondary N) is 1. The third-order valence-electron chi connectivity index (χ3n) is 3.40. The summed E-state index contributed by atoms with van der Waals surface area (Å²) in [6.07, 6.45) is -0.547. The van der Waals surface area contributed by atoms with Gasteiger partial charge in [0.1, 0.15) is 6.54 Å². The summed E-state index contributed by atoms with van der Waals surface area (Å²) in [5.74, 6) is 0.807. The van der Waals surface area contributed by atoms with Crippen molar-refractivity contribution in [3.63, 3.8) is 0 Å². The average molecular weight is 288 g/mol. The summed E-state index contributed by atoms with van der Waals surface area (Å²) in [4.78, 5) is 3.28. The number of imidazole rings is 1. The van der Waals surface area contributed by atoms with Gasteiger partial charge in [-0.15, -0.1) is 0 Å². The molecule has 0 saturated heterocycles. The van der Waals surface area contributed by atoms with E-state index >= 15 is 0 Å². The van der Waals surface area contributed by atoms with E-state index in [1.54, 1.807) is 6.92 Å². The summed E-state index contributed by atoms with van der Waals surface area (Å²) in [6, 6.07) is 15.8. The quantitative estimate of drug-likeness (QED) is 0.714. The number of halogens is 1. The SMILES string of the molecule is CC(O)c1[nH]c2ccccc2[n+]1Cc1ccc(Cl)cc1. The lowest BCUT2D eigenvalue weighted by atomic mass is 10.2. The standard InChI is InChI=1S/C16H15ClN2O/c1-11(20)16-18-14-4-2-3-5-15(14)19(16)10-12-6-8-13(17)9-7-12/h2-9,11,20H,10H2,1H3/p+1. The monoisotopic (exact) mass is 287 g/mol. The van der Waals surface area contributed by atoms with Crippen molar-refractivity contribution in [2.75, 3.05) is 0 Å². The van der Waals surface area contributed by atoms with Gasteiger partial charge in [-0.05, 0) is 36.8 Å². The normalized spacial score (nSPS) is 12.8. The first-order valence-corrected chi connectivity index (χ1v) is 6.96. The third kappa shape index (κ3) is 2.42. The highest BCUT2D eigenvalue weighted by molar-refractivity contribution is 6.30. The molecule has 0 amide bonds. The minimum absolute atomic E-state index is 0.547. The van der Waals surface area contributed by atoms with Gasteiger partial charge in [0.15, 0.2) is 17.1 Å². The van der Waals surface area contributed by atoms with Crippen LogP contribution in [0.5, 0.6) is 0 Å². The van der Waals surface area contributed by atoms with E-state index in [4.69, 9.17) is 11.6 Å². The van der Waals surface area contributed by atoms with Crippen LogP contribution in [0.25, 0.3) is 11.0 Å². The van der Waals surface area contributed by atoms with Crippen LogP contribution in [0.1, 0.15) is 24.4 Å². The van der Waals surface area contributed by atoms with Crippen LogP contribution < -0.4 is 4.57 Å². The van der Waals surface area contributed by atoms with Crippen molar-refractivity contribution in [1.82, 2.24) is 4.98 Å². The number of aromatic amines is 1. The fourth-order valence-corrected chi connectivity index (χ4v) is 2.55. The van der Waals surface area contributed by atoms with Crippen LogP contribution in [0.15, 0.2) is 48.5 Å². The molecule has 20 heavy (non-hydrogen) atoms. The molecule has 1 atom stereocenters. The second-order valence-electron chi connectivity index (χ2n) is 4.92. The van der Waals surface area contributed by atoms with Crippen molar-refractivity contribution in [2.45, 2.75) is 19.6 Å². The summed E-state index contributed by atoms with van der Waals surface area (Å²) in [7, 11) is 0. The molecular formula is C16H16ClN2O+. The molecule has 1 unspecified atom stereocenters. The van der Waals surface area contributed by atoms with Crippen molar-refractivity contribution in [3.8, 4) is 0 Å². The van der Waals surface area contributed by atoms with Gasteiger partial charge in [0.05, 0.1) is 0 Å². The molecule has 2 N–H and O–H groups in total. The Kier molecular flexibility index (Phi) is 3.47. The molecule has 0 radical (unpaired) electrons. The van der Waals surface area contributed by atoms with E-state index in [0.717, 1.165) is 27.4 Å². The number of rotatable bonds is 3. The molecule has 1 aromatic heterocycles. The maximum Gasteiger partial charge on any atom is 0.284 e. The first-order valence-electron chi connectivity index (χ1n) is 6.58. The number of fused-ring (bicyclic) bond motifs is 1. The molecule has 0 spiro atoms. The summed E-state index contributed by atoms with van der Waals surface area (Å²) < 4.78 is 2.10. The highest BCUT2D eigenvalue weighted by Crippen LogP contribution is 2.16. The molecule has 102 valence electrons. The van der Waals surface area contributed by atoms with Crippen LogP contribution >= 0.6 is 11.6 Å². The minimum atomic E-state index is -0.547. The maximum absolute atomic E-state index is 9.95. The number of para-hydroxylation sites is 2. The van der Waals surface area contributed by atoms with E-state index in [2.05, 4.69) is 9.55 Å². The zero-order valence-corrected chi connectivity index (χ0v) is 11.9. The van der Waals surface area contributed by atoms with Crippen molar-refractivity contribution < 1.29 is 9.67 Å². The zero-order valence-electron chi connectivity index (χ0n) is 11.2. The molecule has 0 aliphatic heterocycles. The second-order valence-corrected chi connectivity index (χ2v) is 5.35. The van der Waals surface area contributed by atoms with Crippen molar-refractivity contribution >= 4 is 22.6 Å². The Morgan fingerprint density at radius 1 is 1.15 bits per heavy atom. The van der Waals surface area contributed by atoms with Crippen LogP contribution in [0, 0.1) is 0 Å². The lowest BCUT2D eigenvalue weighted by molar-refractivity contribution is -0.673. The fraction of sp³-hybridized carbons (Fsp3) is 0.188. The number of hydrogen-bond donors (Lipinski definition) is 2. The molecule has 0 bridgehead atoms. The number of benzene rings is 2. The Balaban J connectivity index is 2.09. The van der Waals surface area contributed by atoms with E-state index in [9.17, 15) is 5.11 Å². The number of H-pyrrole nitrogens is 1.